The summed E-state index contributed by atoms with van der Waals surface area (Å²) in [6.07, 6.45) is -0.451. The summed E-state index contributed by atoms with van der Waals surface area (Å²) in [5.41, 5.74) is 4.55. The number of phenols is 1. The average Bonchev–Trinajstić information content (AvgIpc) is 2.22. The summed E-state index contributed by atoms with van der Waals surface area (Å²) in [5, 5.41) is 35.9. The van der Waals surface area contributed by atoms with Crippen LogP contribution < -0.4 is 11.2 Å². The molecule has 0 saturated carbocycles. The second-order valence-corrected chi connectivity index (χ2v) is 3.49. The van der Waals surface area contributed by atoms with E-state index in [0.29, 0.717) is 0 Å². The van der Waals surface area contributed by atoms with Gasteiger partial charge in [0.25, 0.3) is 0 Å². The van der Waals surface area contributed by atoms with Gasteiger partial charge >= 0.3 is 13.1 Å². The third kappa shape index (κ3) is 2.93. The van der Waals surface area contributed by atoms with E-state index < -0.39 is 37.1 Å². The molecule has 1 aromatic rings. The minimum absolute atomic E-state index is 0.306. The lowest BCUT2D eigenvalue weighted by atomic mass is 9.78. The molecular weight excluding hydrogens is 232 g/mol. The molecule has 6 nitrogen and oxygen atoms in total. The number of nitrogens with two attached hydrogens (primary N) is 1. The van der Waals surface area contributed by atoms with Gasteiger partial charge in [0.2, 0.25) is 0 Å². The SMILES string of the molecule is NC(Cc1c(F)ccc(B(O)O)c1O)C(=O)O. The maximum Gasteiger partial charge on any atom is 0.492 e. The van der Waals surface area contributed by atoms with Gasteiger partial charge in [0.05, 0.1) is 0 Å². The van der Waals surface area contributed by atoms with Crippen LogP contribution >= 0.6 is 0 Å². The van der Waals surface area contributed by atoms with Crippen LogP contribution in [-0.4, -0.2) is 39.4 Å². The van der Waals surface area contributed by atoms with E-state index in [1.807, 2.05) is 0 Å². The van der Waals surface area contributed by atoms with Crippen molar-refractivity contribution < 1.29 is 29.4 Å². The first-order valence-corrected chi connectivity index (χ1v) is 4.69. The summed E-state index contributed by atoms with van der Waals surface area (Å²) in [4.78, 5) is 10.5. The number of hydrogen-bond acceptors (Lipinski definition) is 5. The van der Waals surface area contributed by atoms with Gasteiger partial charge in [0, 0.05) is 17.4 Å². The Labute approximate surface area is 96.3 Å². The van der Waals surface area contributed by atoms with Crippen molar-refractivity contribution in [2.24, 2.45) is 5.73 Å². The number of halogens is 1. The van der Waals surface area contributed by atoms with Crippen LogP contribution in [0.3, 0.4) is 0 Å². The molecule has 0 bridgehead atoms. The van der Waals surface area contributed by atoms with E-state index in [4.69, 9.17) is 20.9 Å². The van der Waals surface area contributed by atoms with Gasteiger partial charge in [0.15, 0.2) is 0 Å². The van der Waals surface area contributed by atoms with Crippen LogP contribution in [0.25, 0.3) is 0 Å². The molecule has 6 N–H and O–H groups in total. The molecule has 17 heavy (non-hydrogen) atoms. The number of carbonyl (C=O) groups is 1. The Morgan fingerprint density at radius 1 is 1.47 bits per heavy atom. The van der Waals surface area contributed by atoms with Crippen LogP contribution in [-0.2, 0) is 11.2 Å². The van der Waals surface area contributed by atoms with E-state index in [1.165, 1.54) is 0 Å². The third-order valence-corrected chi connectivity index (χ3v) is 2.28. The number of phenolic OH excluding ortho intramolecular Hbond substituents is 1. The van der Waals surface area contributed by atoms with Gasteiger partial charge in [-0.2, -0.15) is 0 Å². The molecule has 0 aliphatic carbocycles. The number of rotatable bonds is 4. The van der Waals surface area contributed by atoms with Gasteiger partial charge < -0.3 is 26.0 Å². The number of carboxylic acids is 1. The quantitative estimate of drug-likeness (QED) is 0.396. The summed E-state index contributed by atoms with van der Waals surface area (Å²) < 4.78 is 13.3. The maximum atomic E-state index is 13.3. The van der Waals surface area contributed by atoms with E-state index in [-0.39, 0.29) is 11.0 Å². The second-order valence-electron chi connectivity index (χ2n) is 3.49. The topological polar surface area (TPSA) is 124 Å². The first-order valence-electron chi connectivity index (χ1n) is 4.69. The van der Waals surface area contributed by atoms with Gasteiger partial charge in [0.1, 0.15) is 17.6 Å². The molecule has 0 fully saturated rings. The van der Waals surface area contributed by atoms with Gasteiger partial charge in [-0.25, -0.2) is 4.39 Å². The number of hydrogen-bond donors (Lipinski definition) is 5. The summed E-state index contributed by atoms with van der Waals surface area (Å²) in [5.74, 6) is -2.90. The maximum absolute atomic E-state index is 13.3. The summed E-state index contributed by atoms with van der Waals surface area (Å²) in [6.45, 7) is 0. The van der Waals surface area contributed by atoms with Crippen LogP contribution in [0.2, 0.25) is 0 Å². The zero-order chi connectivity index (χ0) is 13.2. The van der Waals surface area contributed by atoms with Crippen molar-refractivity contribution in [3.05, 3.63) is 23.5 Å². The number of carboxylic acid groups (broad SMARTS) is 1. The van der Waals surface area contributed by atoms with E-state index >= 15 is 0 Å². The highest BCUT2D eigenvalue weighted by Gasteiger charge is 2.23. The normalized spacial score (nSPS) is 12.2. The van der Waals surface area contributed by atoms with E-state index in [2.05, 4.69) is 0 Å². The molecule has 1 aromatic carbocycles. The summed E-state index contributed by atoms with van der Waals surface area (Å²) >= 11 is 0. The predicted molar refractivity (Wildman–Crippen MR) is 57.2 cm³/mol. The highest BCUT2D eigenvalue weighted by molar-refractivity contribution is 6.59. The van der Waals surface area contributed by atoms with Crippen molar-refractivity contribution in [2.45, 2.75) is 12.5 Å². The number of aromatic hydroxyl groups is 1. The van der Waals surface area contributed by atoms with Crippen LogP contribution in [0.4, 0.5) is 4.39 Å². The van der Waals surface area contributed by atoms with Crippen molar-refractivity contribution in [3.8, 4) is 5.75 Å². The smallest absolute Gasteiger partial charge is 0.492 e. The molecule has 1 unspecified atom stereocenters. The van der Waals surface area contributed by atoms with E-state index in [9.17, 15) is 14.3 Å². The van der Waals surface area contributed by atoms with Crippen LogP contribution in [0, 0.1) is 5.82 Å². The summed E-state index contributed by atoms with van der Waals surface area (Å²) in [6, 6.07) is 0.505. The van der Waals surface area contributed by atoms with Crippen LogP contribution in [0.15, 0.2) is 12.1 Å². The van der Waals surface area contributed by atoms with E-state index in [0.717, 1.165) is 12.1 Å². The second kappa shape index (κ2) is 5.13. The van der Waals surface area contributed by atoms with E-state index in [1.54, 1.807) is 0 Å². The van der Waals surface area contributed by atoms with Gasteiger partial charge in [-0.15, -0.1) is 0 Å². The third-order valence-electron chi connectivity index (χ3n) is 2.28. The Balaban J connectivity index is 3.14. The van der Waals surface area contributed by atoms with Crippen molar-refractivity contribution in [1.29, 1.82) is 0 Å². The Kier molecular flexibility index (Phi) is 4.05. The average molecular weight is 243 g/mol. The molecule has 0 aliphatic heterocycles. The number of aliphatic carboxylic acids is 1. The lowest BCUT2D eigenvalue weighted by molar-refractivity contribution is -0.138. The lowest BCUT2D eigenvalue weighted by Crippen LogP contribution is -2.35. The Hall–Kier alpha value is -1.64. The Morgan fingerprint density at radius 2 is 2.06 bits per heavy atom. The standard InChI is InChI=1S/C9H11BFNO5/c11-6-2-1-5(10(16)17)8(13)4(6)3-7(12)9(14)15/h1-2,7,13,16-17H,3,12H2,(H,14,15). The van der Waals surface area contributed by atoms with Gasteiger partial charge in [-0.1, -0.05) is 6.07 Å². The fraction of sp³-hybridized carbons (Fsp3) is 0.222. The van der Waals surface area contributed by atoms with Crippen LogP contribution in [0.5, 0.6) is 5.75 Å². The molecular formula is C9H11BFNO5. The van der Waals surface area contributed by atoms with Crippen molar-refractivity contribution >= 4 is 18.6 Å². The first-order chi connectivity index (χ1) is 7.84. The lowest BCUT2D eigenvalue weighted by Gasteiger charge is -2.12. The number of benzene rings is 1. The molecule has 1 rings (SSSR count). The van der Waals surface area contributed by atoms with Crippen molar-refractivity contribution in [2.75, 3.05) is 0 Å². The molecule has 0 spiro atoms. The van der Waals surface area contributed by atoms with Gasteiger partial charge in [-0.3, -0.25) is 4.79 Å². The molecule has 0 aliphatic rings. The molecule has 92 valence electrons. The van der Waals surface area contributed by atoms with Crippen LogP contribution in [0.1, 0.15) is 5.56 Å². The minimum atomic E-state index is -1.98. The summed E-state index contributed by atoms with van der Waals surface area (Å²) in [7, 11) is -1.98. The largest absolute Gasteiger partial charge is 0.508 e. The monoisotopic (exact) mass is 243 g/mol. The highest BCUT2D eigenvalue weighted by Crippen LogP contribution is 2.20. The highest BCUT2D eigenvalue weighted by atomic mass is 19.1. The molecule has 0 heterocycles. The molecule has 0 radical (unpaired) electrons. The van der Waals surface area contributed by atoms with Crippen molar-refractivity contribution in [3.63, 3.8) is 0 Å². The molecule has 1 atom stereocenters. The van der Waals surface area contributed by atoms with Crippen molar-refractivity contribution in [1.82, 2.24) is 0 Å². The minimum Gasteiger partial charge on any atom is -0.508 e. The zero-order valence-electron chi connectivity index (χ0n) is 8.67. The molecule has 0 aromatic heterocycles. The molecule has 8 heteroatoms. The predicted octanol–water partition coefficient (Wildman–Crippen LogP) is -1.83. The Morgan fingerprint density at radius 3 is 2.53 bits per heavy atom. The fourth-order valence-electron chi connectivity index (χ4n) is 1.34. The zero-order valence-corrected chi connectivity index (χ0v) is 8.67. The van der Waals surface area contributed by atoms with Gasteiger partial charge in [-0.05, 0) is 6.07 Å². The molecule has 0 amide bonds. The molecule has 0 saturated heterocycles. The fourth-order valence-corrected chi connectivity index (χ4v) is 1.34. The Bertz CT molecular complexity index is 440. The first kappa shape index (κ1) is 13.4.